The molecule has 1 atom stereocenters. The minimum Gasteiger partial charge on any atom is -0.374 e. The number of hydrogen-bond donors (Lipinski definition) is 0. The number of aliphatic imine (C=N–C) groups is 1. The van der Waals surface area contributed by atoms with Gasteiger partial charge in [0.05, 0.1) is 0 Å². The van der Waals surface area contributed by atoms with Gasteiger partial charge in [0.15, 0.2) is 0 Å². The summed E-state index contributed by atoms with van der Waals surface area (Å²) in [6, 6.07) is 0.835. The zero-order valence-corrected chi connectivity index (χ0v) is 14.6. The highest BCUT2D eigenvalue weighted by Gasteiger charge is 2.41. The summed E-state index contributed by atoms with van der Waals surface area (Å²) in [7, 11) is -2.52. The molecule has 0 saturated carbocycles. The molecule has 0 amide bonds. The number of hydrogen-bond acceptors (Lipinski definition) is 5. The monoisotopic (exact) mass is 302 g/mol. The molecule has 1 aliphatic heterocycles. The van der Waals surface area contributed by atoms with Crippen LogP contribution in [0, 0.1) is 0 Å². The molecule has 20 heavy (non-hydrogen) atoms. The van der Waals surface area contributed by atoms with Crippen LogP contribution in [-0.2, 0) is 13.3 Å². The minimum atomic E-state index is -2.52. The largest absolute Gasteiger partial charge is 0.502 e. The van der Waals surface area contributed by atoms with Crippen LogP contribution in [0.5, 0.6) is 0 Å². The standard InChI is InChI=1S/C14H30N2O3Si/c1-6-14-15-13(5)12-16(14)10-11-20(17-7-2,18-8-3)19-9-4/h14H,6-12H2,1-5H3. The summed E-state index contributed by atoms with van der Waals surface area (Å²) in [5.41, 5.74) is 1.22. The fourth-order valence-electron chi connectivity index (χ4n) is 2.64. The number of nitrogens with zero attached hydrogens (tertiary/aromatic N) is 2. The van der Waals surface area contributed by atoms with Crippen molar-refractivity contribution in [3.8, 4) is 0 Å². The van der Waals surface area contributed by atoms with E-state index in [-0.39, 0.29) is 0 Å². The Kier molecular flexibility index (Phi) is 7.90. The lowest BCUT2D eigenvalue weighted by atomic mass is 10.3. The van der Waals surface area contributed by atoms with Crippen LogP contribution in [0.25, 0.3) is 0 Å². The maximum Gasteiger partial charge on any atom is 0.502 e. The van der Waals surface area contributed by atoms with E-state index in [0.717, 1.165) is 25.6 Å². The molecule has 0 saturated heterocycles. The molecule has 1 aliphatic rings. The van der Waals surface area contributed by atoms with Crippen LogP contribution in [0.15, 0.2) is 4.99 Å². The second kappa shape index (κ2) is 8.89. The fraction of sp³-hybridized carbons (Fsp3) is 0.929. The Balaban J connectivity index is 2.61. The van der Waals surface area contributed by atoms with Crippen molar-refractivity contribution in [1.29, 1.82) is 0 Å². The molecule has 0 aromatic rings. The van der Waals surface area contributed by atoms with E-state index in [2.05, 4.69) is 23.7 Å². The van der Waals surface area contributed by atoms with Gasteiger partial charge in [0.25, 0.3) is 0 Å². The van der Waals surface area contributed by atoms with Crippen molar-refractivity contribution in [3.63, 3.8) is 0 Å². The van der Waals surface area contributed by atoms with Crippen LogP contribution in [0.2, 0.25) is 6.04 Å². The molecule has 0 bridgehead atoms. The molecule has 0 spiro atoms. The lowest BCUT2D eigenvalue weighted by Crippen LogP contribution is -2.49. The highest BCUT2D eigenvalue weighted by Crippen LogP contribution is 2.20. The van der Waals surface area contributed by atoms with Gasteiger partial charge >= 0.3 is 8.80 Å². The summed E-state index contributed by atoms with van der Waals surface area (Å²) in [4.78, 5) is 7.06. The molecule has 0 aromatic carbocycles. The third-order valence-corrected chi connectivity index (χ3v) is 6.41. The van der Waals surface area contributed by atoms with Crippen LogP contribution in [0.4, 0.5) is 0 Å². The van der Waals surface area contributed by atoms with E-state index in [1.807, 2.05) is 20.8 Å². The molecule has 1 heterocycles. The zero-order chi connectivity index (χ0) is 15.0. The van der Waals surface area contributed by atoms with Crippen LogP contribution < -0.4 is 0 Å². The van der Waals surface area contributed by atoms with Crippen LogP contribution in [0.3, 0.4) is 0 Å². The molecular weight excluding hydrogens is 272 g/mol. The topological polar surface area (TPSA) is 43.3 Å². The van der Waals surface area contributed by atoms with Gasteiger partial charge in [-0.05, 0) is 34.1 Å². The van der Waals surface area contributed by atoms with Gasteiger partial charge in [-0.1, -0.05) is 6.92 Å². The molecule has 5 nitrogen and oxygen atoms in total. The highest BCUT2D eigenvalue weighted by molar-refractivity contribution is 6.60. The van der Waals surface area contributed by atoms with Crippen molar-refractivity contribution in [3.05, 3.63) is 0 Å². The van der Waals surface area contributed by atoms with Gasteiger partial charge in [0.1, 0.15) is 6.17 Å². The van der Waals surface area contributed by atoms with E-state index < -0.39 is 8.80 Å². The van der Waals surface area contributed by atoms with E-state index in [1.54, 1.807) is 0 Å². The van der Waals surface area contributed by atoms with Crippen molar-refractivity contribution in [2.45, 2.75) is 53.2 Å². The molecule has 1 unspecified atom stereocenters. The smallest absolute Gasteiger partial charge is 0.374 e. The molecule has 0 aromatic heterocycles. The summed E-state index contributed by atoms with van der Waals surface area (Å²) in [5.74, 6) is 0. The summed E-state index contributed by atoms with van der Waals surface area (Å²) in [5, 5.41) is 0. The summed E-state index contributed by atoms with van der Waals surface area (Å²) in [6.07, 6.45) is 1.36. The lowest BCUT2D eigenvalue weighted by Gasteiger charge is -2.31. The first kappa shape index (κ1) is 17.8. The van der Waals surface area contributed by atoms with Gasteiger partial charge in [-0.3, -0.25) is 9.89 Å². The average Bonchev–Trinajstić information content (AvgIpc) is 2.78. The maximum absolute atomic E-state index is 5.90. The first-order valence-electron chi connectivity index (χ1n) is 7.79. The second-order valence-electron chi connectivity index (χ2n) is 4.96. The molecular formula is C14H30N2O3Si. The highest BCUT2D eigenvalue weighted by atomic mass is 28.4. The Labute approximate surface area is 124 Å². The van der Waals surface area contributed by atoms with Gasteiger partial charge < -0.3 is 13.3 Å². The Morgan fingerprint density at radius 2 is 1.65 bits per heavy atom. The van der Waals surface area contributed by atoms with E-state index in [1.165, 1.54) is 5.71 Å². The van der Waals surface area contributed by atoms with Crippen molar-refractivity contribution >= 4 is 14.5 Å². The summed E-state index contributed by atoms with van der Waals surface area (Å²) < 4.78 is 17.7. The molecule has 0 radical (unpaired) electrons. The Morgan fingerprint density at radius 1 is 1.10 bits per heavy atom. The molecule has 0 N–H and O–H groups in total. The van der Waals surface area contributed by atoms with Gasteiger partial charge in [0, 0.05) is 44.7 Å². The molecule has 1 rings (SSSR count). The molecule has 0 fully saturated rings. The predicted molar refractivity (Wildman–Crippen MR) is 84.2 cm³/mol. The fourth-order valence-corrected chi connectivity index (χ4v) is 5.20. The SMILES string of the molecule is CCO[Si](CCN1CC(C)=NC1CC)(OCC)OCC. The van der Waals surface area contributed by atoms with Gasteiger partial charge in [-0.15, -0.1) is 0 Å². The zero-order valence-electron chi connectivity index (χ0n) is 13.6. The van der Waals surface area contributed by atoms with E-state index in [0.29, 0.717) is 26.0 Å². The Bertz CT molecular complexity index is 296. The van der Waals surface area contributed by atoms with Crippen LogP contribution in [-0.4, -0.2) is 58.5 Å². The molecule has 0 aliphatic carbocycles. The average molecular weight is 302 g/mol. The lowest BCUT2D eigenvalue weighted by molar-refractivity contribution is 0.0675. The molecule has 118 valence electrons. The van der Waals surface area contributed by atoms with Gasteiger partial charge in [0.2, 0.25) is 0 Å². The van der Waals surface area contributed by atoms with Crippen molar-refractivity contribution in [2.24, 2.45) is 4.99 Å². The Morgan fingerprint density at radius 3 is 2.10 bits per heavy atom. The van der Waals surface area contributed by atoms with Gasteiger partial charge in [-0.25, -0.2) is 0 Å². The van der Waals surface area contributed by atoms with Crippen LogP contribution >= 0.6 is 0 Å². The van der Waals surface area contributed by atoms with E-state index in [4.69, 9.17) is 13.3 Å². The first-order valence-corrected chi connectivity index (χ1v) is 9.73. The quantitative estimate of drug-likeness (QED) is 0.582. The first-order chi connectivity index (χ1) is 9.60. The Hall–Kier alpha value is -0.273. The summed E-state index contributed by atoms with van der Waals surface area (Å²) >= 11 is 0. The van der Waals surface area contributed by atoms with Gasteiger partial charge in [-0.2, -0.15) is 0 Å². The van der Waals surface area contributed by atoms with Crippen LogP contribution in [0.1, 0.15) is 41.0 Å². The van der Waals surface area contributed by atoms with Crippen molar-refractivity contribution in [2.75, 3.05) is 32.9 Å². The molecule has 6 heteroatoms. The third kappa shape index (κ3) is 4.93. The normalized spacial score (nSPS) is 20.4. The maximum atomic E-state index is 5.90. The van der Waals surface area contributed by atoms with E-state index >= 15 is 0 Å². The summed E-state index contributed by atoms with van der Waals surface area (Å²) in [6.45, 7) is 14.1. The number of rotatable bonds is 10. The third-order valence-electron chi connectivity index (χ3n) is 3.39. The van der Waals surface area contributed by atoms with Crippen molar-refractivity contribution < 1.29 is 13.3 Å². The predicted octanol–water partition coefficient (Wildman–Crippen LogP) is 2.55. The minimum absolute atomic E-state index is 0.312. The van der Waals surface area contributed by atoms with E-state index in [9.17, 15) is 0 Å². The van der Waals surface area contributed by atoms with Crippen molar-refractivity contribution in [1.82, 2.24) is 4.90 Å². The second-order valence-corrected chi connectivity index (χ2v) is 7.69.